The van der Waals surface area contributed by atoms with Crippen LogP contribution in [-0.2, 0) is 32.4 Å². The zero-order valence-corrected chi connectivity index (χ0v) is 49.6. The molecule has 2 aromatic carbocycles. The first kappa shape index (κ1) is 67.3. The summed E-state index contributed by atoms with van der Waals surface area (Å²) in [4.78, 5) is 10.9. The number of terminal acetylenes is 1. The Morgan fingerprint density at radius 1 is 0.655 bits per heavy atom. The fourth-order valence-electron chi connectivity index (χ4n) is 3.11. The topological polar surface area (TPSA) is 88.0 Å². The van der Waals surface area contributed by atoms with Crippen molar-refractivity contribution >= 4 is 42.3 Å². The van der Waals surface area contributed by atoms with Crippen LogP contribution in [0.15, 0.2) is 60.7 Å². The summed E-state index contributed by atoms with van der Waals surface area (Å²) in [5.41, 5.74) is 11.1. The van der Waals surface area contributed by atoms with Crippen LogP contribution in [0, 0.1) is 57.6 Å². The molecule has 0 saturated heterocycles. The predicted octanol–water partition coefficient (Wildman–Crippen LogP) is 4.05. The summed E-state index contributed by atoms with van der Waals surface area (Å²) in [6.07, 6.45) is 5.36. The van der Waals surface area contributed by atoms with Crippen LogP contribution in [-0.4, -0.2) is 59.5 Å². The number of carbonyl (C=O) groups excluding carboxylic acids is 1. The minimum atomic E-state index is -1.29. The van der Waals surface area contributed by atoms with Crippen LogP contribution >= 0.6 is 11.6 Å². The normalized spacial score (nSPS) is 10.9. The average molecular weight is 920 g/mol. The number of halogens is 1. The Balaban J connectivity index is -0.000000155. The van der Waals surface area contributed by atoms with E-state index in [4.69, 9.17) is 37.5 Å². The molecule has 0 spiro atoms. The van der Waals surface area contributed by atoms with E-state index in [0.717, 1.165) is 0 Å². The predicted molar refractivity (Wildman–Crippen MR) is 246 cm³/mol. The largest absolute Gasteiger partial charge is 1.00 e. The van der Waals surface area contributed by atoms with Crippen molar-refractivity contribution in [1.82, 2.24) is 0 Å². The van der Waals surface area contributed by atoms with Gasteiger partial charge in [0.25, 0.3) is 6.47 Å². The average Bonchev–Trinajstić information content (AvgIpc) is 3.06. The van der Waals surface area contributed by atoms with E-state index < -0.39 is 29.8 Å². The van der Waals surface area contributed by atoms with E-state index in [1.807, 2.05) is 76.2 Å². The van der Waals surface area contributed by atoms with Gasteiger partial charge in [0.15, 0.2) is 0 Å². The Labute approximate surface area is 450 Å². The van der Waals surface area contributed by atoms with Crippen LogP contribution in [0.4, 0.5) is 0 Å². The zero-order chi connectivity index (χ0) is 44.3. The van der Waals surface area contributed by atoms with Crippen LogP contribution < -0.4 is 108 Å². The number of ether oxygens (including phenoxy) is 2. The number of carbonyl (C=O) groups is 1. The molecule has 0 unspecified atom stereocenters. The Morgan fingerprint density at radius 2 is 0.966 bits per heavy atom. The number of hydrogen-bond acceptors (Lipinski definition) is 6. The molecule has 0 bridgehead atoms. The molecule has 6 nitrogen and oxygen atoms in total. The van der Waals surface area contributed by atoms with Crippen molar-refractivity contribution in [2.75, 3.05) is 13.2 Å². The summed E-state index contributed by atoms with van der Waals surface area (Å²) < 4.78 is 11.3. The van der Waals surface area contributed by atoms with Gasteiger partial charge in [-0.05, 0) is 66.5 Å². The van der Waals surface area contributed by atoms with Crippen LogP contribution in [0.1, 0.15) is 67.9 Å². The molecule has 2 rings (SSSR count). The zero-order valence-electron chi connectivity index (χ0n) is 40.6. The molecule has 0 amide bonds. The summed E-state index contributed by atoms with van der Waals surface area (Å²) in [5.74, 6) is 11.9. The van der Waals surface area contributed by atoms with Crippen LogP contribution in [0.5, 0.6) is 0 Å². The van der Waals surface area contributed by atoms with Gasteiger partial charge in [-0.2, -0.15) is 0 Å². The van der Waals surface area contributed by atoms with Crippen molar-refractivity contribution in [2.24, 2.45) is 10.8 Å². The fourth-order valence-corrected chi connectivity index (χ4v) is 5.32. The molecule has 0 aromatic heterocycles. The molecule has 0 heterocycles. The molecule has 314 valence electrons. The smallest absolute Gasteiger partial charge is 1.00 e. The Bertz CT molecular complexity index is 1530. The first-order valence-corrected chi connectivity index (χ1v) is 29.6. The van der Waals surface area contributed by atoms with Gasteiger partial charge in [0.05, 0.1) is 31.3 Å². The maximum absolute atomic E-state index is 9.23. The van der Waals surface area contributed by atoms with Gasteiger partial charge in [0.1, 0.15) is 29.8 Å². The standard InChI is InChI=1S/C16H24OSi.C13H16O.C8H15ClSi.C8H16OSi.CH2O3.2K.H/c1-16(2,11-12-18(3,4)5)14-17-13-15-9-7-6-8-10-15;1-4-13(2,3)11-14-10-12-8-6-5-7-9-12;2*1-8(2,9)6-7-10(3,4)5;2-1-4-3;;;/h6-10H,13-14H2,1-5H3;1,5-9H,10-11H2,2-3H3;1-5H3;9H,1-5H3;1,3H;;;/q;;;;;2*+1;-1/p-1. The van der Waals surface area contributed by atoms with Crippen LogP contribution in [0.3, 0.4) is 0 Å². The van der Waals surface area contributed by atoms with Crippen molar-refractivity contribution in [3.05, 3.63) is 71.8 Å². The number of alkyl halides is 1. The van der Waals surface area contributed by atoms with Crippen molar-refractivity contribution in [1.29, 1.82) is 0 Å². The van der Waals surface area contributed by atoms with Gasteiger partial charge < -0.3 is 26.2 Å². The van der Waals surface area contributed by atoms with Crippen LogP contribution in [0.2, 0.25) is 58.9 Å². The minimum absolute atomic E-state index is 0. The number of benzene rings is 2. The molecular formula is C46H73ClK2O6Si3. The van der Waals surface area contributed by atoms with E-state index in [1.54, 1.807) is 13.8 Å². The number of aliphatic hydroxyl groups is 1. The maximum Gasteiger partial charge on any atom is 1.00 e. The molecule has 0 saturated carbocycles. The molecule has 0 radical (unpaired) electrons. The minimum Gasteiger partial charge on any atom is -1.00 e. The Morgan fingerprint density at radius 3 is 1.21 bits per heavy atom. The van der Waals surface area contributed by atoms with Crippen molar-refractivity contribution in [3.63, 3.8) is 0 Å². The second kappa shape index (κ2) is 33.7. The molecule has 2 aromatic rings. The maximum atomic E-state index is 9.23. The third-order valence-electron chi connectivity index (χ3n) is 5.83. The van der Waals surface area contributed by atoms with Crippen LogP contribution in [0.25, 0.3) is 0 Å². The van der Waals surface area contributed by atoms with Crippen molar-refractivity contribution in [3.8, 4) is 46.7 Å². The van der Waals surface area contributed by atoms with Gasteiger partial charge in [-0.15, -0.1) is 40.6 Å². The summed E-state index contributed by atoms with van der Waals surface area (Å²) in [6.45, 7) is 37.8. The summed E-state index contributed by atoms with van der Waals surface area (Å²) in [7, 11) is -3.79. The summed E-state index contributed by atoms with van der Waals surface area (Å²) >= 11 is 5.89. The van der Waals surface area contributed by atoms with Gasteiger partial charge in [-0.3, -0.25) is 4.79 Å². The Hall–Kier alpha value is 0.203. The SMILES string of the molecule is C#CC(C)(C)COCc1ccccc1.CC(C)(C#C[Si](C)(C)C)COCc1ccccc1.CC(C)(Cl)C#C[Si](C)(C)C.CC(C)(O)C#C[Si](C)(C)C.O=CO[O-].[H-].[K+].[K+]. The summed E-state index contributed by atoms with van der Waals surface area (Å²) in [5, 5.41) is 17.7. The summed E-state index contributed by atoms with van der Waals surface area (Å²) in [6, 6.07) is 20.4. The molecular weight excluding hydrogens is 846 g/mol. The van der Waals surface area contributed by atoms with E-state index in [9.17, 15) is 5.11 Å². The van der Waals surface area contributed by atoms with E-state index in [1.165, 1.54) is 11.1 Å². The molecule has 0 atom stereocenters. The van der Waals surface area contributed by atoms with E-state index in [2.05, 4.69) is 130 Å². The first-order valence-electron chi connectivity index (χ1n) is 18.7. The van der Waals surface area contributed by atoms with Gasteiger partial charge in [-0.1, -0.05) is 137 Å². The molecule has 0 fully saturated rings. The van der Waals surface area contributed by atoms with E-state index in [-0.39, 0.29) is 126 Å². The van der Waals surface area contributed by atoms with Gasteiger partial charge >= 0.3 is 103 Å². The molecule has 1 N–H and O–H groups in total. The Kier molecular flexibility index (Phi) is 39.1. The van der Waals surface area contributed by atoms with E-state index in [0.29, 0.717) is 26.4 Å². The van der Waals surface area contributed by atoms with Gasteiger partial charge in [0, 0.05) is 10.8 Å². The number of hydrogen-bond donors (Lipinski definition) is 1. The van der Waals surface area contributed by atoms with Gasteiger partial charge in [0.2, 0.25) is 0 Å². The monoisotopic (exact) mass is 918 g/mol. The molecule has 12 heteroatoms. The van der Waals surface area contributed by atoms with Crippen molar-refractivity contribution in [2.45, 2.75) is 138 Å². The van der Waals surface area contributed by atoms with E-state index >= 15 is 0 Å². The second-order valence-corrected chi connectivity index (χ2v) is 33.8. The van der Waals surface area contributed by atoms with Crippen molar-refractivity contribution < 1.29 is 134 Å². The fraction of sp³-hybridized carbons (Fsp3) is 0.543. The molecule has 58 heavy (non-hydrogen) atoms. The third-order valence-corrected chi connectivity index (χ3v) is 8.55. The molecule has 0 aliphatic heterocycles. The molecule has 0 aliphatic carbocycles. The quantitative estimate of drug-likeness (QED) is 0.102. The first-order chi connectivity index (χ1) is 25.3. The third kappa shape index (κ3) is 56.2. The second-order valence-electron chi connectivity index (χ2n) is 18.6. The molecule has 0 aliphatic rings. The number of rotatable bonds is 9. The van der Waals surface area contributed by atoms with Gasteiger partial charge in [-0.25, -0.2) is 0 Å².